The van der Waals surface area contributed by atoms with Gasteiger partial charge in [-0.15, -0.1) is 11.3 Å². The van der Waals surface area contributed by atoms with Crippen LogP contribution in [0.4, 0.5) is 5.69 Å². The van der Waals surface area contributed by atoms with Gasteiger partial charge in [-0.2, -0.15) is 0 Å². The quantitative estimate of drug-likeness (QED) is 0.510. The molecule has 90 valence electrons. The fourth-order valence-electron chi connectivity index (χ4n) is 1.87. The van der Waals surface area contributed by atoms with Crippen molar-refractivity contribution in [1.29, 1.82) is 0 Å². The number of benzene rings is 2. The summed E-state index contributed by atoms with van der Waals surface area (Å²) in [5.74, 6) is 0. The number of aromatic nitrogens is 1. The molecular formula is C14H11IN2S. The Hall–Kier alpha value is -1.14. The zero-order chi connectivity index (χ0) is 12.7. The van der Waals surface area contributed by atoms with Crippen LogP contribution in [0.5, 0.6) is 0 Å². The molecule has 18 heavy (non-hydrogen) atoms. The molecule has 0 atom stereocenters. The monoisotopic (exact) mass is 366 g/mol. The highest BCUT2D eigenvalue weighted by Crippen LogP contribution is 2.34. The van der Waals surface area contributed by atoms with Crippen LogP contribution in [0, 0.1) is 10.5 Å². The lowest BCUT2D eigenvalue weighted by atomic mass is 10.2. The largest absolute Gasteiger partial charge is 0.398 e. The van der Waals surface area contributed by atoms with Crippen LogP contribution in [0.1, 0.15) is 5.56 Å². The van der Waals surface area contributed by atoms with Crippen LogP contribution in [0.3, 0.4) is 0 Å². The van der Waals surface area contributed by atoms with Gasteiger partial charge in [0.25, 0.3) is 0 Å². The molecule has 0 aliphatic rings. The van der Waals surface area contributed by atoms with E-state index in [1.807, 2.05) is 12.1 Å². The second kappa shape index (κ2) is 4.51. The van der Waals surface area contributed by atoms with Gasteiger partial charge < -0.3 is 5.73 Å². The molecule has 1 heterocycles. The van der Waals surface area contributed by atoms with Crippen molar-refractivity contribution in [2.24, 2.45) is 0 Å². The number of fused-ring (bicyclic) bond motifs is 1. The van der Waals surface area contributed by atoms with E-state index in [1.54, 1.807) is 11.3 Å². The number of nitrogens with two attached hydrogens (primary N) is 1. The number of thiazole rings is 1. The lowest BCUT2D eigenvalue weighted by Crippen LogP contribution is -1.89. The standard InChI is InChI=1S/C14H11IN2S/c1-8-2-5-13-12(6-8)17-14(18-13)10-7-9(15)3-4-11(10)16/h2-7H,16H2,1H3. The molecule has 0 unspecified atom stereocenters. The number of hydrogen-bond acceptors (Lipinski definition) is 3. The first-order valence-electron chi connectivity index (χ1n) is 5.56. The maximum Gasteiger partial charge on any atom is 0.126 e. The van der Waals surface area contributed by atoms with E-state index in [1.165, 1.54) is 13.8 Å². The van der Waals surface area contributed by atoms with Crippen LogP contribution in [-0.4, -0.2) is 4.98 Å². The van der Waals surface area contributed by atoms with E-state index in [-0.39, 0.29) is 0 Å². The summed E-state index contributed by atoms with van der Waals surface area (Å²) in [6, 6.07) is 12.4. The number of halogens is 1. The van der Waals surface area contributed by atoms with Gasteiger partial charge in [0.05, 0.1) is 10.2 Å². The highest BCUT2D eigenvalue weighted by molar-refractivity contribution is 14.1. The first-order valence-corrected chi connectivity index (χ1v) is 7.45. The van der Waals surface area contributed by atoms with Gasteiger partial charge in [-0.3, -0.25) is 0 Å². The van der Waals surface area contributed by atoms with Crippen molar-refractivity contribution in [2.45, 2.75) is 6.92 Å². The Kier molecular flexibility index (Phi) is 2.99. The first kappa shape index (κ1) is 11.9. The molecule has 2 nitrogen and oxygen atoms in total. The summed E-state index contributed by atoms with van der Waals surface area (Å²) < 4.78 is 2.38. The van der Waals surface area contributed by atoms with E-state index in [0.717, 1.165) is 21.8 Å². The van der Waals surface area contributed by atoms with Crippen LogP contribution in [0.25, 0.3) is 20.8 Å². The van der Waals surface area contributed by atoms with Crippen molar-refractivity contribution in [1.82, 2.24) is 4.98 Å². The molecule has 0 aliphatic carbocycles. The molecule has 4 heteroatoms. The zero-order valence-corrected chi connectivity index (χ0v) is 12.7. The van der Waals surface area contributed by atoms with Gasteiger partial charge in [-0.05, 0) is 65.4 Å². The lowest BCUT2D eigenvalue weighted by molar-refractivity contribution is 1.44. The van der Waals surface area contributed by atoms with Crippen molar-refractivity contribution >= 4 is 49.8 Å². The molecule has 0 bridgehead atoms. The third-order valence-electron chi connectivity index (χ3n) is 2.79. The van der Waals surface area contributed by atoms with E-state index in [4.69, 9.17) is 5.73 Å². The molecule has 3 rings (SSSR count). The molecule has 0 saturated heterocycles. The average Bonchev–Trinajstić information content (AvgIpc) is 2.74. The van der Waals surface area contributed by atoms with E-state index in [2.05, 4.69) is 58.8 Å². The first-order chi connectivity index (χ1) is 8.63. The van der Waals surface area contributed by atoms with E-state index in [9.17, 15) is 0 Å². The number of nitrogens with zero attached hydrogens (tertiary/aromatic N) is 1. The Labute approximate surface area is 123 Å². The number of anilines is 1. The highest BCUT2D eigenvalue weighted by atomic mass is 127. The number of rotatable bonds is 1. The van der Waals surface area contributed by atoms with Crippen LogP contribution < -0.4 is 5.73 Å². The van der Waals surface area contributed by atoms with Crippen LogP contribution in [0.2, 0.25) is 0 Å². The molecule has 1 aromatic heterocycles. The van der Waals surface area contributed by atoms with E-state index >= 15 is 0 Å². The Morgan fingerprint density at radius 1 is 1.17 bits per heavy atom. The van der Waals surface area contributed by atoms with Gasteiger partial charge in [0.1, 0.15) is 5.01 Å². The number of hydrogen-bond donors (Lipinski definition) is 1. The number of aryl methyl sites for hydroxylation is 1. The Balaban J connectivity index is 2.22. The fraction of sp³-hybridized carbons (Fsp3) is 0.0714. The molecule has 0 spiro atoms. The maximum absolute atomic E-state index is 6.04. The summed E-state index contributed by atoms with van der Waals surface area (Å²) in [5, 5.41) is 0.992. The third kappa shape index (κ3) is 2.10. The van der Waals surface area contributed by atoms with Crippen LogP contribution in [-0.2, 0) is 0 Å². The molecule has 0 amide bonds. The van der Waals surface area contributed by atoms with Crippen molar-refractivity contribution in [3.8, 4) is 10.6 Å². The van der Waals surface area contributed by atoms with Gasteiger partial charge in [0.15, 0.2) is 0 Å². The predicted molar refractivity (Wildman–Crippen MR) is 86.9 cm³/mol. The Morgan fingerprint density at radius 3 is 2.83 bits per heavy atom. The molecule has 2 N–H and O–H groups in total. The molecular weight excluding hydrogens is 355 g/mol. The summed E-state index contributed by atoms with van der Waals surface area (Å²) in [4.78, 5) is 4.68. The smallest absolute Gasteiger partial charge is 0.126 e. The van der Waals surface area contributed by atoms with E-state index in [0.29, 0.717) is 0 Å². The van der Waals surface area contributed by atoms with Gasteiger partial charge in [0, 0.05) is 14.8 Å². The second-order valence-electron chi connectivity index (χ2n) is 4.22. The van der Waals surface area contributed by atoms with Gasteiger partial charge >= 0.3 is 0 Å². The lowest BCUT2D eigenvalue weighted by Gasteiger charge is -2.01. The van der Waals surface area contributed by atoms with Crippen LogP contribution >= 0.6 is 33.9 Å². The molecule has 0 saturated carbocycles. The van der Waals surface area contributed by atoms with Crippen LogP contribution in [0.15, 0.2) is 36.4 Å². The summed E-state index contributed by atoms with van der Waals surface area (Å²) in [6.45, 7) is 2.08. The molecule has 2 aromatic carbocycles. The van der Waals surface area contributed by atoms with Crippen molar-refractivity contribution < 1.29 is 0 Å². The molecule has 0 aliphatic heterocycles. The van der Waals surface area contributed by atoms with Gasteiger partial charge in [-0.25, -0.2) is 4.98 Å². The SMILES string of the molecule is Cc1ccc2sc(-c3cc(I)ccc3N)nc2c1. The third-order valence-corrected chi connectivity index (χ3v) is 4.53. The highest BCUT2D eigenvalue weighted by Gasteiger charge is 2.09. The average molecular weight is 366 g/mol. The summed E-state index contributed by atoms with van der Waals surface area (Å²) in [7, 11) is 0. The van der Waals surface area contributed by atoms with Crippen molar-refractivity contribution in [2.75, 3.05) is 5.73 Å². The van der Waals surface area contributed by atoms with Gasteiger partial charge in [-0.1, -0.05) is 6.07 Å². The molecule has 0 radical (unpaired) electrons. The predicted octanol–water partition coefficient (Wildman–Crippen LogP) is 4.46. The second-order valence-corrected chi connectivity index (χ2v) is 6.50. The fourth-order valence-corrected chi connectivity index (χ4v) is 3.34. The minimum Gasteiger partial charge on any atom is -0.398 e. The minimum atomic E-state index is 0.784. The molecule has 3 aromatic rings. The normalized spacial score (nSPS) is 11.0. The number of nitrogen functional groups attached to an aromatic ring is 1. The van der Waals surface area contributed by atoms with Gasteiger partial charge in [0.2, 0.25) is 0 Å². The summed E-state index contributed by atoms with van der Waals surface area (Å²) in [5.41, 5.74) is 10.1. The summed E-state index contributed by atoms with van der Waals surface area (Å²) >= 11 is 3.98. The zero-order valence-electron chi connectivity index (χ0n) is 9.77. The Morgan fingerprint density at radius 2 is 2.00 bits per heavy atom. The summed E-state index contributed by atoms with van der Waals surface area (Å²) in [6.07, 6.45) is 0. The van der Waals surface area contributed by atoms with E-state index < -0.39 is 0 Å². The minimum absolute atomic E-state index is 0.784. The Bertz CT molecular complexity index is 734. The topological polar surface area (TPSA) is 38.9 Å². The maximum atomic E-state index is 6.04. The van der Waals surface area contributed by atoms with Crippen molar-refractivity contribution in [3.05, 3.63) is 45.5 Å². The molecule has 0 fully saturated rings. The van der Waals surface area contributed by atoms with Crippen molar-refractivity contribution in [3.63, 3.8) is 0 Å².